The van der Waals surface area contributed by atoms with Crippen molar-refractivity contribution in [2.45, 2.75) is 19.6 Å². The average Bonchev–Trinajstić information content (AvgIpc) is 3.36. The Kier molecular flexibility index (Phi) is 4.44. The summed E-state index contributed by atoms with van der Waals surface area (Å²) in [6, 6.07) is 8.91. The molecule has 0 unspecified atom stereocenters. The van der Waals surface area contributed by atoms with Crippen LogP contribution in [0.4, 0.5) is 13.2 Å². The van der Waals surface area contributed by atoms with Gasteiger partial charge in [0.25, 0.3) is 5.56 Å². The fraction of sp³-hybridized carbons (Fsp3) is 0.174. The number of aromatic amines is 1. The van der Waals surface area contributed by atoms with E-state index in [1.165, 1.54) is 16.7 Å². The van der Waals surface area contributed by atoms with Gasteiger partial charge in [-0.25, -0.2) is 9.97 Å². The van der Waals surface area contributed by atoms with Crippen molar-refractivity contribution < 1.29 is 13.2 Å². The highest BCUT2D eigenvalue weighted by molar-refractivity contribution is 5.95. The lowest BCUT2D eigenvalue weighted by Gasteiger charge is -2.11. The van der Waals surface area contributed by atoms with Crippen molar-refractivity contribution in [3.8, 4) is 11.1 Å². The molecule has 4 aromatic heterocycles. The standard InChI is InChI=1S/C23H18F3N5O/c1-13-29-21-19(31(13)11-14-3-5-16(6-4-14)23(24,25)26)9-15(10-28-21)18-12-30(2)22(32)20-17(18)7-8-27-20/h3-10,12,27H,11H2,1-2H3. The summed E-state index contributed by atoms with van der Waals surface area (Å²) >= 11 is 0. The monoisotopic (exact) mass is 437 g/mol. The zero-order valence-corrected chi connectivity index (χ0v) is 17.2. The first-order valence-electron chi connectivity index (χ1n) is 9.88. The normalized spacial score (nSPS) is 12.2. The molecule has 0 aliphatic rings. The van der Waals surface area contributed by atoms with Crippen LogP contribution in [0.15, 0.2) is 59.8 Å². The second kappa shape index (κ2) is 7.08. The zero-order chi connectivity index (χ0) is 22.6. The lowest BCUT2D eigenvalue weighted by molar-refractivity contribution is -0.137. The summed E-state index contributed by atoms with van der Waals surface area (Å²) in [7, 11) is 1.69. The van der Waals surface area contributed by atoms with Crippen molar-refractivity contribution in [2.24, 2.45) is 7.05 Å². The van der Waals surface area contributed by atoms with Crippen LogP contribution in [-0.4, -0.2) is 24.1 Å². The lowest BCUT2D eigenvalue weighted by Crippen LogP contribution is -2.16. The molecule has 0 fully saturated rings. The zero-order valence-electron chi connectivity index (χ0n) is 17.2. The lowest BCUT2D eigenvalue weighted by atomic mass is 10.1. The van der Waals surface area contributed by atoms with E-state index in [0.29, 0.717) is 23.5 Å². The Morgan fingerprint density at radius 1 is 1.12 bits per heavy atom. The van der Waals surface area contributed by atoms with Crippen molar-refractivity contribution in [3.05, 3.63) is 82.3 Å². The van der Waals surface area contributed by atoms with Crippen LogP contribution in [0.5, 0.6) is 0 Å². The molecule has 0 aliphatic carbocycles. The van der Waals surface area contributed by atoms with Gasteiger partial charge >= 0.3 is 6.18 Å². The maximum atomic E-state index is 12.9. The molecule has 5 rings (SSSR count). The molecular weight excluding hydrogens is 419 g/mol. The fourth-order valence-electron chi connectivity index (χ4n) is 3.95. The molecule has 0 bridgehead atoms. The quantitative estimate of drug-likeness (QED) is 0.447. The number of rotatable bonds is 3. The van der Waals surface area contributed by atoms with Crippen LogP contribution in [0.1, 0.15) is 17.0 Å². The highest BCUT2D eigenvalue weighted by atomic mass is 19.4. The van der Waals surface area contributed by atoms with E-state index in [4.69, 9.17) is 0 Å². The molecule has 0 saturated carbocycles. The summed E-state index contributed by atoms with van der Waals surface area (Å²) in [6.45, 7) is 2.19. The van der Waals surface area contributed by atoms with Crippen LogP contribution in [-0.2, 0) is 19.8 Å². The van der Waals surface area contributed by atoms with Crippen LogP contribution in [0.2, 0.25) is 0 Å². The first-order valence-corrected chi connectivity index (χ1v) is 9.88. The maximum absolute atomic E-state index is 12.9. The number of fused-ring (bicyclic) bond motifs is 2. The number of halogens is 3. The SMILES string of the molecule is Cc1nc2ncc(-c3cn(C)c(=O)c4[nH]ccc34)cc2n1Cc1ccc(C(F)(F)F)cc1. The van der Waals surface area contributed by atoms with Gasteiger partial charge in [0.05, 0.1) is 11.1 Å². The third-order valence-corrected chi connectivity index (χ3v) is 5.62. The number of hydrogen-bond donors (Lipinski definition) is 1. The predicted octanol–water partition coefficient (Wildman–Crippen LogP) is 4.65. The molecular formula is C23H18F3N5O. The van der Waals surface area contributed by atoms with Crippen molar-refractivity contribution >= 4 is 22.1 Å². The van der Waals surface area contributed by atoms with E-state index in [1.54, 1.807) is 25.6 Å². The number of nitrogens with zero attached hydrogens (tertiary/aromatic N) is 4. The largest absolute Gasteiger partial charge is 0.416 e. The van der Waals surface area contributed by atoms with E-state index < -0.39 is 11.7 Å². The van der Waals surface area contributed by atoms with Gasteiger partial charge in [-0.05, 0) is 36.8 Å². The number of imidazole rings is 1. The molecule has 4 heterocycles. The van der Waals surface area contributed by atoms with Crippen LogP contribution in [0.3, 0.4) is 0 Å². The molecule has 0 aliphatic heterocycles. The Bertz CT molecular complexity index is 1520. The smallest absolute Gasteiger partial charge is 0.357 e. The van der Waals surface area contributed by atoms with Crippen LogP contribution in [0, 0.1) is 6.92 Å². The summed E-state index contributed by atoms with van der Waals surface area (Å²) in [5.74, 6) is 0.705. The molecule has 9 heteroatoms. The van der Waals surface area contributed by atoms with E-state index in [1.807, 2.05) is 23.6 Å². The molecule has 1 aromatic carbocycles. The minimum atomic E-state index is -4.37. The Balaban J connectivity index is 1.60. The number of pyridine rings is 2. The van der Waals surface area contributed by atoms with Crippen molar-refractivity contribution in [1.82, 2.24) is 24.1 Å². The second-order valence-electron chi connectivity index (χ2n) is 7.73. The van der Waals surface area contributed by atoms with E-state index >= 15 is 0 Å². The molecule has 0 atom stereocenters. The van der Waals surface area contributed by atoms with Crippen LogP contribution >= 0.6 is 0 Å². The van der Waals surface area contributed by atoms with Gasteiger partial charge in [-0.15, -0.1) is 0 Å². The molecule has 0 saturated heterocycles. The third-order valence-electron chi connectivity index (χ3n) is 5.62. The summed E-state index contributed by atoms with van der Waals surface area (Å²) < 4.78 is 42.0. The number of benzene rings is 1. The van der Waals surface area contributed by atoms with E-state index in [-0.39, 0.29) is 5.56 Å². The Labute approximate surface area is 180 Å². The first kappa shape index (κ1) is 20.0. The number of aromatic nitrogens is 5. The summed E-state index contributed by atoms with van der Waals surface area (Å²) in [5, 5.41) is 0.791. The molecule has 0 radical (unpaired) electrons. The molecule has 32 heavy (non-hydrogen) atoms. The van der Waals surface area contributed by atoms with Crippen molar-refractivity contribution in [3.63, 3.8) is 0 Å². The topological polar surface area (TPSA) is 68.5 Å². The Morgan fingerprint density at radius 2 is 1.88 bits per heavy atom. The van der Waals surface area contributed by atoms with E-state index in [9.17, 15) is 18.0 Å². The maximum Gasteiger partial charge on any atom is 0.416 e. The Morgan fingerprint density at radius 3 is 2.59 bits per heavy atom. The third kappa shape index (κ3) is 3.26. The van der Waals surface area contributed by atoms with Crippen molar-refractivity contribution in [2.75, 3.05) is 0 Å². The Hall–Kier alpha value is -3.88. The first-order chi connectivity index (χ1) is 15.2. The number of hydrogen-bond acceptors (Lipinski definition) is 3. The van der Waals surface area contributed by atoms with Crippen molar-refractivity contribution in [1.29, 1.82) is 0 Å². The molecule has 0 amide bonds. The number of H-pyrrole nitrogens is 1. The van der Waals surface area contributed by atoms with Gasteiger partial charge < -0.3 is 14.1 Å². The molecule has 6 nitrogen and oxygen atoms in total. The predicted molar refractivity (Wildman–Crippen MR) is 115 cm³/mol. The number of aryl methyl sites for hydroxylation is 2. The second-order valence-corrected chi connectivity index (χ2v) is 7.73. The van der Waals surface area contributed by atoms with Gasteiger partial charge in [0.1, 0.15) is 11.3 Å². The van der Waals surface area contributed by atoms with E-state index in [0.717, 1.165) is 39.7 Å². The van der Waals surface area contributed by atoms with Gasteiger partial charge in [0, 0.05) is 48.7 Å². The fourth-order valence-corrected chi connectivity index (χ4v) is 3.95. The molecule has 162 valence electrons. The number of nitrogens with one attached hydrogen (secondary N) is 1. The van der Waals surface area contributed by atoms with E-state index in [2.05, 4.69) is 15.0 Å². The average molecular weight is 437 g/mol. The summed E-state index contributed by atoms with van der Waals surface area (Å²) in [5.41, 5.74) is 3.41. The summed E-state index contributed by atoms with van der Waals surface area (Å²) in [6.07, 6.45) is 0.836. The van der Waals surface area contributed by atoms with Gasteiger partial charge in [-0.1, -0.05) is 12.1 Å². The minimum absolute atomic E-state index is 0.119. The van der Waals surface area contributed by atoms with Crippen LogP contribution < -0.4 is 5.56 Å². The molecule has 1 N–H and O–H groups in total. The molecule has 5 aromatic rings. The molecule has 0 spiro atoms. The van der Waals surface area contributed by atoms with Gasteiger partial charge in [-0.3, -0.25) is 4.79 Å². The van der Waals surface area contributed by atoms with Gasteiger partial charge in [-0.2, -0.15) is 13.2 Å². The van der Waals surface area contributed by atoms with Crippen LogP contribution in [0.25, 0.3) is 33.2 Å². The van der Waals surface area contributed by atoms with Gasteiger partial charge in [0.2, 0.25) is 0 Å². The minimum Gasteiger partial charge on any atom is -0.357 e. The highest BCUT2D eigenvalue weighted by Crippen LogP contribution is 2.30. The number of alkyl halides is 3. The highest BCUT2D eigenvalue weighted by Gasteiger charge is 2.30. The summed E-state index contributed by atoms with van der Waals surface area (Å²) in [4.78, 5) is 24.3. The van der Waals surface area contributed by atoms with Gasteiger partial charge in [0.15, 0.2) is 5.65 Å².